The van der Waals surface area contributed by atoms with Gasteiger partial charge in [0.2, 0.25) is 6.79 Å². The van der Waals surface area contributed by atoms with Crippen molar-refractivity contribution in [3.63, 3.8) is 0 Å². The third-order valence-electron chi connectivity index (χ3n) is 2.25. The first-order valence-electron chi connectivity index (χ1n) is 4.58. The first-order valence-corrected chi connectivity index (χ1v) is 4.58. The minimum absolute atomic E-state index is 0.0656. The van der Waals surface area contributed by atoms with Crippen LogP contribution in [0.15, 0.2) is 30.9 Å². The zero-order chi connectivity index (χ0) is 9.97. The molecule has 1 aromatic rings. The van der Waals surface area contributed by atoms with Crippen molar-refractivity contribution in [3.8, 4) is 11.5 Å². The first-order chi connectivity index (χ1) is 6.83. The molecule has 3 nitrogen and oxygen atoms in total. The Morgan fingerprint density at radius 1 is 1.50 bits per heavy atom. The number of ether oxygens (including phenoxy) is 2. The Balaban J connectivity index is 2.34. The lowest BCUT2D eigenvalue weighted by atomic mass is 10.0. The lowest BCUT2D eigenvalue weighted by Gasteiger charge is -2.11. The molecule has 1 aromatic carbocycles. The van der Waals surface area contributed by atoms with E-state index in [9.17, 15) is 0 Å². The molecule has 0 fully saturated rings. The van der Waals surface area contributed by atoms with E-state index in [1.165, 1.54) is 0 Å². The van der Waals surface area contributed by atoms with E-state index in [2.05, 4.69) is 6.58 Å². The van der Waals surface area contributed by atoms with Crippen molar-refractivity contribution in [2.24, 2.45) is 5.73 Å². The first kappa shape index (κ1) is 9.09. The maximum Gasteiger partial charge on any atom is 0.231 e. The number of para-hydroxylation sites is 1. The van der Waals surface area contributed by atoms with Gasteiger partial charge < -0.3 is 15.2 Å². The van der Waals surface area contributed by atoms with Gasteiger partial charge in [-0.25, -0.2) is 0 Å². The molecule has 1 aliphatic heterocycles. The molecule has 0 aliphatic carbocycles. The highest BCUT2D eigenvalue weighted by molar-refractivity contribution is 5.49. The summed E-state index contributed by atoms with van der Waals surface area (Å²) in [5, 5.41) is 0. The van der Waals surface area contributed by atoms with Crippen LogP contribution in [0.5, 0.6) is 11.5 Å². The summed E-state index contributed by atoms with van der Waals surface area (Å²) >= 11 is 0. The van der Waals surface area contributed by atoms with Crippen LogP contribution in [0, 0.1) is 0 Å². The predicted molar refractivity (Wildman–Crippen MR) is 54.3 cm³/mol. The van der Waals surface area contributed by atoms with Gasteiger partial charge in [0.05, 0.1) is 0 Å². The van der Waals surface area contributed by atoms with Gasteiger partial charge in [-0.05, 0) is 12.5 Å². The van der Waals surface area contributed by atoms with Crippen molar-refractivity contribution in [3.05, 3.63) is 36.4 Å². The van der Waals surface area contributed by atoms with Crippen molar-refractivity contribution in [2.45, 2.75) is 12.5 Å². The van der Waals surface area contributed by atoms with Gasteiger partial charge in [0.25, 0.3) is 0 Å². The molecule has 0 bridgehead atoms. The van der Waals surface area contributed by atoms with E-state index in [0.29, 0.717) is 0 Å². The average Bonchev–Trinajstić information content (AvgIpc) is 2.65. The van der Waals surface area contributed by atoms with Crippen LogP contribution in [0.2, 0.25) is 0 Å². The summed E-state index contributed by atoms with van der Waals surface area (Å²) in [6.07, 6.45) is 2.54. The molecule has 2 rings (SSSR count). The van der Waals surface area contributed by atoms with Crippen LogP contribution in [0.4, 0.5) is 0 Å². The van der Waals surface area contributed by atoms with Crippen LogP contribution in [-0.4, -0.2) is 6.79 Å². The van der Waals surface area contributed by atoms with E-state index >= 15 is 0 Å². The molecule has 1 atom stereocenters. The largest absolute Gasteiger partial charge is 0.454 e. The van der Waals surface area contributed by atoms with Crippen molar-refractivity contribution in [1.29, 1.82) is 0 Å². The van der Waals surface area contributed by atoms with Crippen molar-refractivity contribution in [2.75, 3.05) is 6.79 Å². The third kappa shape index (κ3) is 1.46. The van der Waals surface area contributed by atoms with Crippen molar-refractivity contribution in [1.82, 2.24) is 0 Å². The molecular weight excluding hydrogens is 178 g/mol. The standard InChI is InChI=1S/C11H13NO2/c1-2-4-9(12)8-5-3-6-10-11(8)14-7-13-10/h2-3,5-6,9H,1,4,7,12H2. The number of benzene rings is 1. The Kier molecular flexibility index (Phi) is 2.41. The molecule has 0 amide bonds. The van der Waals surface area contributed by atoms with Gasteiger partial charge in [0, 0.05) is 11.6 Å². The van der Waals surface area contributed by atoms with Crippen molar-refractivity contribution >= 4 is 0 Å². The van der Waals surface area contributed by atoms with Gasteiger partial charge in [-0.15, -0.1) is 6.58 Å². The summed E-state index contributed by atoms with van der Waals surface area (Å²) in [7, 11) is 0. The van der Waals surface area contributed by atoms with E-state index in [1.807, 2.05) is 18.2 Å². The molecule has 0 saturated heterocycles. The highest BCUT2D eigenvalue weighted by Gasteiger charge is 2.20. The molecule has 1 aliphatic rings. The fourth-order valence-corrected chi connectivity index (χ4v) is 1.55. The number of fused-ring (bicyclic) bond motifs is 1. The minimum Gasteiger partial charge on any atom is -0.454 e. The van der Waals surface area contributed by atoms with E-state index in [1.54, 1.807) is 6.08 Å². The molecular formula is C11H13NO2. The summed E-state index contributed by atoms with van der Waals surface area (Å²) in [5.41, 5.74) is 6.96. The number of hydrogen-bond acceptors (Lipinski definition) is 3. The molecule has 0 radical (unpaired) electrons. The Morgan fingerprint density at radius 3 is 3.14 bits per heavy atom. The number of nitrogens with two attached hydrogens (primary N) is 1. The van der Waals surface area contributed by atoms with Crippen LogP contribution in [0.1, 0.15) is 18.0 Å². The van der Waals surface area contributed by atoms with Gasteiger partial charge in [0.15, 0.2) is 11.5 Å². The quantitative estimate of drug-likeness (QED) is 0.743. The monoisotopic (exact) mass is 191 g/mol. The van der Waals surface area contributed by atoms with E-state index < -0.39 is 0 Å². The number of rotatable bonds is 3. The molecule has 0 saturated carbocycles. The van der Waals surface area contributed by atoms with Gasteiger partial charge >= 0.3 is 0 Å². The second-order valence-electron chi connectivity index (χ2n) is 3.21. The zero-order valence-electron chi connectivity index (χ0n) is 7.90. The molecule has 0 aromatic heterocycles. The zero-order valence-corrected chi connectivity index (χ0v) is 7.90. The molecule has 74 valence electrons. The lowest BCUT2D eigenvalue weighted by molar-refractivity contribution is 0.173. The summed E-state index contributed by atoms with van der Waals surface area (Å²) in [6.45, 7) is 3.95. The summed E-state index contributed by atoms with van der Waals surface area (Å²) < 4.78 is 10.6. The van der Waals surface area contributed by atoms with Gasteiger partial charge in [-0.2, -0.15) is 0 Å². The molecule has 1 unspecified atom stereocenters. The van der Waals surface area contributed by atoms with Gasteiger partial charge in [-0.3, -0.25) is 0 Å². The van der Waals surface area contributed by atoms with Crippen LogP contribution in [0.25, 0.3) is 0 Å². The molecule has 2 N–H and O–H groups in total. The van der Waals surface area contributed by atoms with Crippen LogP contribution in [-0.2, 0) is 0 Å². The highest BCUT2D eigenvalue weighted by Crippen LogP contribution is 2.38. The number of hydrogen-bond donors (Lipinski definition) is 1. The fraction of sp³-hybridized carbons (Fsp3) is 0.273. The van der Waals surface area contributed by atoms with E-state index in [-0.39, 0.29) is 12.8 Å². The summed E-state index contributed by atoms with van der Waals surface area (Å²) in [6, 6.07) is 5.70. The maximum absolute atomic E-state index is 5.97. The average molecular weight is 191 g/mol. The third-order valence-corrected chi connectivity index (χ3v) is 2.25. The highest BCUT2D eigenvalue weighted by atomic mass is 16.7. The van der Waals surface area contributed by atoms with Crippen molar-refractivity contribution < 1.29 is 9.47 Å². The molecule has 14 heavy (non-hydrogen) atoms. The smallest absolute Gasteiger partial charge is 0.231 e. The Morgan fingerprint density at radius 2 is 2.36 bits per heavy atom. The normalized spacial score (nSPS) is 15.2. The topological polar surface area (TPSA) is 44.5 Å². The minimum atomic E-state index is -0.0656. The molecule has 1 heterocycles. The van der Waals surface area contributed by atoms with E-state index in [0.717, 1.165) is 23.5 Å². The maximum atomic E-state index is 5.97. The van der Waals surface area contributed by atoms with Crippen LogP contribution < -0.4 is 15.2 Å². The predicted octanol–water partition coefficient (Wildman–Crippen LogP) is 1.99. The second kappa shape index (κ2) is 3.72. The Bertz CT molecular complexity index is 349. The lowest BCUT2D eigenvalue weighted by Crippen LogP contribution is -2.09. The van der Waals surface area contributed by atoms with Gasteiger partial charge in [0.1, 0.15) is 0 Å². The van der Waals surface area contributed by atoms with Crippen LogP contribution in [0.3, 0.4) is 0 Å². The van der Waals surface area contributed by atoms with Gasteiger partial charge in [-0.1, -0.05) is 18.2 Å². The van der Waals surface area contributed by atoms with E-state index in [4.69, 9.17) is 15.2 Å². The molecule has 3 heteroatoms. The Hall–Kier alpha value is -1.48. The SMILES string of the molecule is C=CCC(N)c1cccc2c1OCO2. The molecule has 0 spiro atoms. The summed E-state index contributed by atoms with van der Waals surface area (Å²) in [5.74, 6) is 1.56. The second-order valence-corrected chi connectivity index (χ2v) is 3.21. The fourth-order valence-electron chi connectivity index (χ4n) is 1.55. The van der Waals surface area contributed by atoms with Crippen LogP contribution >= 0.6 is 0 Å². The summed E-state index contributed by atoms with van der Waals surface area (Å²) in [4.78, 5) is 0. The Labute approximate surface area is 83.1 Å².